The Morgan fingerprint density at radius 3 is 2.46 bits per heavy atom. The van der Waals surface area contributed by atoms with Gasteiger partial charge in [0.15, 0.2) is 0 Å². The Bertz CT molecular complexity index is 1630. The molecule has 0 radical (unpaired) electrons. The standard InChI is InChI=1S/C31H22N2O2/c1-18-10-15-27-25(16-18)30-28(19(2)34-27)29(26(17-32)31(33)35-30)22-13-11-21(12-14-22)24-9-5-7-20-6-3-4-8-23(20)24/h3-16,29H,2,33H2,1H3. The molecule has 0 aliphatic carbocycles. The van der Waals surface area contributed by atoms with Crippen LogP contribution >= 0.6 is 0 Å². The number of aryl methyl sites for hydroxylation is 1. The fourth-order valence-corrected chi connectivity index (χ4v) is 5.01. The third kappa shape index (κ3) is 3.29. The molecule has 4 aromatic carbocycles. The number of hydrogen-bond acceptors (Lipinski definition) is 4. The minimum atomic E-state index is -0.438. The van der Waals surface area contributed by atoms with E-state index in [1.807, 2.05) is 43.3 Å². The third-order valence-electron chi connectivity index (χ3n) is 6.68. The van der Waals surface area contributed by atoms with Crippen LogP contribution in [0.2, 0.25) is 0 Å². The van der Waals surface area contributed by atoms with E-state index in [4.69, 9.17) is 15.2 Å². The molecule has 4 heteroatoms. The normalized spacial score (nSPS) is 16.8. The Morgan fingerprint density at radius 2 is 1.66 bits per heavy atom. The maximum absolute atomic E-state index is 10.00. The van der Waals surface area contributed by atoms with Crippen LogP contribution in [0.5, 0.6) is 5.75 Å². The highest BCUT2D eigenvalue weighted by molar-refractivity contribution is 5.96. The maximum atomic E-state index is 10.00. The summed E-state index contributed by atoms with van der Waals surface area (Å²) in [6.45, 7) is 6.17. The first-order valence-corrected chi connectivity index (χ1v) is 11.4. The average molecular weight is 455 g/mol. The lowest BCUT2D eigenvalue weighted by atomic mass is 9.80. The highest BCUT2D eigenvalue weighted by atomic mass is 16.5. The van der Waals surface area contributed by atoms with E-state index >= 15 is 0 Å². The number of nitriles is 1. The highest BCUT2D eigenvalue weighted by Crippen LogP contribution is 2.50. The van der Waals surface area contributed by atoms with Crippen molar-refractivity contribution in [1.29, 1.82) is 5.26 Å². The van der Waals surface area contributed by atoms with Gasteiger partial charge in [-0.05, 0) is 46.5 Å². The van der Waals surface area contributed by atoms with Gasteiger partial charge in [-0.1, -0.05) is 84.9 Å². The summed E-state index contributed by atoms with van der Waals surface area (Å²) in [7, 11) is 0. The van der Waals surface area contributed by atoms with E-state index in [1.54, 1.807) is 0 Å². The van der Waals surface area contributed by atoms with Gasteiger partial charge in [-0.15, -0.1) is 0 Å². The molecule has 35 heavy (non-hydrogen) atoms. The highest BCUT2D eigenvalue weighted by Gasteiger charge is 2.39. The van der Waals surface area contributed by atoms with Crippen molar-refractivity contribution in [2.45, 2.75) is 12.8 Å². The SMILES string of the molecule is C=C1Oc2ccc(C)cc2C2=C1C(c1ccc(-c3cccc4ccccc34)cc1)C(C#N)=C(N)O2. The minimum absolute atomic E-state index is 0.108. The van der Waals surface area contributed by atoms with Gasteiger partial charge in [-0.3, -0.25) is 0 Å². The van der Waals surface area contributed by atoms with Crippen molar-refractivity contribution in [3.63, 3.8) is 0 Å². The minimum Gasteiger partial charge on any atom is -0.457 e. The van der Waals surface area contributed by atoms with Crippen molar-refractivity contribution in [3.05, 3.63) is 131 Å². The Labute approximate surface area is 203 Å². The molecular weight excluding hydrogens is 432 g/mol. The Kier molecular flexibility index (Phi) is 4.72. The average Bonchev–Trinajstić information content (AvgIpc) is 2.88. The summed E-state index contributed by atoms with van der Waals surface area (Å²) in [6, 6.07) is 31.1. The van der Waals surface area contributed by atoms with Gasteiger partial charge in [0.05, 0.1) is 17.1 Å². The van der Waals surface area contributed by atoms with Crippen LogP contribution in [0.25, 0.3) is 27.7 Å². The summed E-state index contributed by atoms with van der Waals surface area (Å²) in [4.78, 5) is 0. The number of hydrogen-bond donors (Lipinski definition) is 1. The number of ether oxygens (including phenoxy) is 2. The van der Waals surface area contributed by atoms with E-state index in [1.165, 1.54) is 10.8 Å². The predicted octanol–water partition coefficient (Wildman–Crippen LogP) is 6.94. The van der Waals surface area contributed by atoms with Crippen LogP contribution < -0.4 is 10.5 Å². The van der Waals surface area contributed by atoms with Gasteiger partial charge < -0.3 is 15.2 Å². The van der Waals surface area contributed by atoms with Gasteiger partial charge in [-0.25, -0.2) is 0 Å². The Balaban J connectivity index is 1.49. The summed E-state index contributed by atoms with van der Waals surface area (Å²) in [6.07, 6.45) is 0. The molecule has 1 unspecified atom stereocenters. The number of fused-ring (bicyclic) bond motifs is 3. The van der Waals surface area contributed by atoms with Crippen molar-refractivity contribution >= 4 is 16.5 Å². The fourth-order valence-electron chi connectivity index (χ4n) is 5.01. The van der Waals surface area contributed by atoms with Gasteiger partial charge in [0.25, 0.3) is 0 Å². The van der Waals surface area contributed by atoms with Crippen LogP contribution in [-0.2, 0) is 4.74 Å². The van der Waals surface area contributed by atoms with E-state index in [0.29, 0.717) is 22.8 Å². The zero-order chi connectivity index (χ0) is 24.1. The van der Waals surface area contributed by atoms with E-state index in [0.717, 1.165) is 33.4 Å². The van der Waals surface area contributed by atoms with Crippen molar-refractivity contribution in [2.24, 2.45) is 5.73 Å². The molecule has 4 nitrogen and oxygen atoms in total. The molecule has 0 fully saturated rings. The van der Waals surface area contributed by atoms with Gasteiger partial charge >= 0.3 is 0 Å². The first-order valence-electron chi connectivity index (χ1n) is 11.4. The molecule has 2 aliphatic rings. The van der Waals surface area contributed by atoms with Gasteiger partial charge in [0, 0.05) is 0 Å². The summed E-state index contributed by atoms with van der Waals surface area (Å²) in [5.41, 5.74) is 12.4. The number of allylic oxidation sites excluding steroid dienone is 2. The molecule has 0 amide bonds. The first-order chi connectivity index (χ1) is 17.0. The summed E-state index contributed by atoms with van der Waals surface area (Å²) >= 11 is 0. The molecule has 0 saturated carbocycles. The molecule has 0 aromatic heterocycles. The predicted molar refractivity (Wildman–Crippen MR) is 138 cm³/mol. The Morgan fingerprint density at radius 1 is 0.886 bits per heavy atom. The molecule has 2 heterocycles. The van der Waals surface area contributed by atoms with Crippen LogP contribution in [0, 0.1) is 18.3 Å². The summed E-state index contributed by atoms with van der Waals surface area (Å²) < 4.78 is 12.1. The van der Waals surface area contributed by atoms with Gasteiger partial charge in [-0.2, -0.15) is 5.26 Å². The quantitative estimate of drug-likeness (QED) is 0.356. The number of rotatable bonds is 2. The van der Waals surface area contributed by atoms with Crippen LogP contribution in [0.15, 0.2) is 114 Å². The zero-order valence-corrected chi connectivity index (χ0v) is 19.2. The monoisotopic (exact) mass is 454 g/mol. The van der Waals surface area contributed by atoms with Crippen molar-refractivity contribution in [1.82, 2.24) is 0 Å². The van der Waals surface area contributed by atoms with Crippen molar-refractivity contribution < 1.29 is 9.47 Å². The Hall–Kier alpha value is -4.75. The molecule has 168 valence electrons. The van der Waals surface area contributed by atoms with E-state index < -0.39 is 5.92 Å². The third-order valence-corrected chi connectivity index (χ3v) is 6.68. The molecule has 4 aromatic rings. The molecule has 2 N–H and O–H groups in total. The van der Waals surface area contributed by atoms with Crippen molar-refractivity contribution in [2.75, 3.05) is 0 Å². The second-order valence-electron chi connectivity index (χ2n) is 8.84. The zero-order valence-electron chi connectivity index (χ0n) is 19.2. The summed E-state index contributed by atoms with van der Waals surface area (Å²) in [5, 5.41) is 12.4. The topological polar surface area (TPSA) is 68.3 Å². The lowest BCUT2D eigenvalue weighted by Crippen LogP contribution is -2.25. The second kappa shape index (κ2) is 7.93. The molecule has 2 aliphatic heterocycles. The van der Waals surface area contributed by atoms with Crippen LogP contribution in [0.4, 0.5) is 0 Å². The molecular formula is C31H22N2O2. The molecule has 6 rings (SSSR count). The summed E-state index contributed by atoms with van der Waals surface area (Å²) in [5.74, 6) is 1.39. The molecule has 1 atom stereocenters. The lowest BCUT2D eigenvalue weighted by Gasteiger charge is -2.34. The fraction of sp³-hybridized carbons (Fsp3) is 0.0645. The van der Waals surface area contributed by atoms with Crippen molar-refractivity contribution in [3.8, 4) is 22.9 Å². The molecule has 0 saturated heterocycles. The maximum Gasteiger partial charge on any atom is 0.205 e. The van der Waals surface area contributed by atoms with Gasteiger partial charge in [0.1, 0.15) is 28.9 Å². The largest absolute Gasteiger partial charge is 0.457 e. The number of nitrogens with zero attached hydrogens (tertiary/aromatic N) is 1. The van der Waals surface area contributed by atoms with Crippen LogP contribution in [0.1, 0.15) is 22.6 Å². The van der Waals surface area contributed by atoms with Crippen LogP contribution in [-0.4, -0.2) is 0 Å². The van der Waals surface area contributed by atoms with Gasteiger partial charge in [0.2, 0.25) is 5.88 Å². The first kappa shape index (κ1) is 20.8. The van der Waals surface area contributed by atoms with E-state index in [-0.39, 0.29) is 5.88 Å². The van der Waals surface area contributed by atoms with E-state index in [9.17, 15) is 5.26 Å². The van der Waals surface area contributed by atoms with E-state index in [2.05, 4.69) is 61.2 Å². The number of nitrogens with two attached hydrogens (primary N) is 1. The number of benzene rings is 4. The van der Waals surface area contributed by atoms with Crippen LogP contribution in [0.3, 0.4) is 0 Å². The lowest BCUT2D eigenvalue weighted by molar-refractivity contribution is 0.331. The second-order valence-corrected chi connectivity index (χ2v) is 8.84. The molecule has 0 bridgehead atoms. The smallest absolute Gasteiger partial charge is 0.205 e. The molecule has 0 spiro atoms.